The fourth-order valence-electron chi connectivity index (χ4n) is 2.84. The highest BCUT2D eigenvalue weighted by Crippen LogP contribution is 2.32. The molecule has 2 aliphatic rings. The first kappa shape index (κ1) is 14.1. The van der Waals surface area contributed by atoms with Crippen LogP contribution in [0.3, 0.4) is 0 Å². The number of nitrogens with one attached hydrogen (secondary N) is 1. The van der Waals surface area contributed by atoms with Crippen LogP contribution in [0.15, 0.2) is 23.6 Å². The van der Waals surface area contributed by atoms with Crippen LogP contribution in [-0.2, 0) is 11.2 Å². The van der Waals surface area contributed by atoms with E-state index >= 15 is 0 Å². The average Bonchev–Trinajstić information content (AvgIpc) is 3.05. The van der Waals surface area contributed by atoms with Crippen LogP contribution in [0, 0.1) is 0 Å². The van der Waals surface area contributed by atoms with Gasteiger partial charge in [0.1, 0.15) is 0 Å². The van der Waals surface area contributed by atoms with Crippen molar-refractivity contribution in [3.8, 4) is 11.3 Å². The first-order chi connectivity index (χ1) is 10.8. The SMILES string of the molecule is O=C1CCc2cc(-c3csc(N4CCSCC4)n3)ccc2N1. The molecular weight excluding hydrogens is 314 g/mol. The summed E-state index contributed by atoms with van der Waals surface area (Å²) in [4.78, 5) is 18.6. The Kier molecular flexibility index (Phi) is 3.80. The molecule has 0 aliphatic carbocycles. The Morgan fingerprint density at radius 1 is 1.18 bits per heavy atom. The molecular formula is C16H17N3OS2. The number of aromatic nitrogens is 1. The third-order valence-corrected chi connectivity index (χ3v) is 5.91. The first-order valence-corrected chi connectivity index (χ1v) is 9.54. The summed E-state index contributed by atoms with van der Waals surface area (Å²) < 4.78 is 0. The monoisotopic (exact) mass is 331 g/mol. The van der Waals surface area contributed by atoms with Crippen LogP contribution in [-0.4, -0.2) is 35.5 Å². The number of hydrogen-bond donors (Lipinski definition) is 1. The molecule has 1 saturated heterocycles. The summed E-state index contributed by atoms with van der Waals surface area (Å²) >= 11 is 3.74. The predicted molar refractivity (Wildman–Crippen MR) is 94.0 cm³/mol. The summed E-state index contributed by atoms with van der Waals surface area (Å²) in [6.07, 6.45) is 1.39. The van der Waals surface area contributed by atoms with Crippen molar-refractivity contribution < 1.29 is 4.79 Å². The van der Waals surface area contributed by atoms with Gasteiger partial charge in [0.05, 0.1) is 5.69 Å². The number of benzene rings is 1. The Labute approximate surface area is 137 Å². The van der Waals surface area contributed by atoms with E-state index in [1.54, 1.807) is 11.3 Å². The van der Waals surface area contributed by atoms with Gasteiger partial charge in [0.15, 0.2) is 5.13 Å². The average molecular weight is 331 g/mol. The molecule has 1 aromatic carbocycles. The smallest absolute Gasteiger partial charge is 0.224 e. The van der Waals surface area contributed by atoms with Gasteiger partial charge in [0.25, 0.3) is 0 Å². The minimum atomic E-state index is 0.110. The van der Waals surface area contributed by atoms with Crippen LogP contribution in [0.2, 0.25) is 0 Å². The molecule has 0 saturated carbocycles. The number of amides is 1. The molecule has 3 heterocycles. The fraction of sp³-hybridized carbons (Fsp3) is 0.375. The van der Waals surface area contributed by atoms with Crippen LogP contribution in [0.1, 0.15) is 12.0 Å². The van der Waals surface area contributed by atoms with E-state index in [0.717, 1.165) is 41.6 Å². The number of aryl methyl sites for hydroxylation is 1. The normalized spacial score (nSPS) is 18.0. The standard InChI is InChI=1S/C16H17N3OS2/c20-15-4-2-11-9-12(1-3-13(11)17-15)14-10-22-16(18-14)19-5-7-21-8-6-19/h1,3,9-10H,2,4-8H2,(H,17,20). The van der Waals surface area contributed by atoms with E-state index in [1.807, 2.05) is 17.8 Å². The van der Waals surface area contributed by atoms with Gasteiger partial charge in [-0.05, 0) is 24.1 Å². The predicted octanol–water partition coefficient (Wildman–Crippen LogP) is 3.25. The second-order valence-electron chi connectivity index (χ2n) is 5.53. The van der Waals surface area contributed by atoms with Gasteiger partial charge in [-0.15, -0.1) is 11.3 Å². The first-order valence-electron chi connectivity index (χ1n) is 7.51. The van der Waals surface area contributed by atoms with Crippen molar-refractivity contribution in [3.63, 3.8) is 0 Å². The van der Waals surface area contributed by atoms with Crippen LogP contribution in [0.5, 0.6) is 0 Å². The number of carbonyl (C=O) groups excluding carboxylic acids is 1. The number of fused-ring (bicyclic) bond motifs is 1. The van der Waals surface area contributed by atoms with E-state index in [1.165, 1.54) is 17.1 Å². The van der Waals surface area contributed by atoms with Crippen LogP contribution >= 0.6 is 23.1 Å². The van der Waals surface area contributed by atoms with Crippen LogP contribution in [0.25, 0.3) is 11.3 Å². The molecule has 1 fully saturated rings. The molecule has 0 spiro atoms. The summed E-state index contributed by atoms with van der Waals surface area (Å²) in [5.41, 5.74) is 4.34. The third-order valence-electron chi connectivity index (χ3n) is 4.07. The number of hydrogen-bond acceptors (Lipinski definition) is 5. The molecule has 0 unspecified atom stereocenters. The lowest BCUT2D eigenvalue weighted by atomic mass is 9.99. The van der Waals surface area contributed by atoms with E-state index in [2.05, 4.69) is 27.7 Å². The zero-order valence-electron chi connectivity index (χ0n) is 12.2. The summed E-state index contributed by atoms with van der Waals surface area (Å²) in [6.45, 7) is 2.18. The Morgan fingerprint density at radius 2 is 2.05 bits per heavy atom. The fourth-order valence-corrected chi connectivity index (χ4v) is 4.63. The topological polar surface area (TPSA) is 45.2 Å². The van der Waals surface area contributed by atoms with Gasteiger partial charge < -0.3 is 10.2 Å². The van der Waals surface area contributed by atoms with Gasteiger partial charge in [-0.1, -0.05) is 6.07 Å². The van der Waals surface area contributed by atoms with Gasteiger partial charge in [-0.2, -0.15) is 11.8 Å². The zero-order chi connectivity index (χ0) is 14.9. The molecule has 1 amide bonds. The molecule has 1 N–H and O–H groups in total. The van der Waals surface area contributed by atoms with Gasteiger partial charge >= 0.3 is 0 Å². The van der Waals surface area contributed by atoms with E-state index in [-0.39, 0.29) is 5.91 Å². The van der Waals surface area contributed by atoms with Gasteiger partial charge in [-0.25, -0.2) is 4.98 Å². The number of thiazole rings is 1. The van der Waals surface area contributed by atoms with Gasteiger partial charge in [0, 0.05) is 47.6 Å². The molecule has 114 valence electrons. The largest absolute Gasteiger partial charge is 0.346 e. The van der Waals surface area contributed by atoms with Gasteiger partial charge in [-0.3, -0.25) is 4.79 Å². The number of nitrogens with zero attached hydrogens (tertiary/aromatic N) is 2. The number of rotatable bonds is 2. The highest BCUT2D eigenvalue weighted by Gasteiger charge is 2.18. The van der Waals surface area contributed by atoms with E-state index in [9.17, 15) is 4.79 Å². The molecule has 0 bridgehead atoms. The third kappa shape index (κ3) is 2.73. The Morgan fingerprint density at radius 3 is 2.91 bits per heavy atom. The van der Waals surface area contributed by atoms with E-state index in [0.29, 0.717) is 6.42 Å². The Hall–Kier alpha value is -1.53. The molecule has 1 aromatic heterocycles. The maximum absolute atomic E-state index is 11.4. The van der Waals surface area contributed by atoms with Crippen molar-refractivity contribution in [3.05, 3.63) is 29.1 Å². The van der Waals surface area contributed by atoms with Crippen molar-refractivity contribution >= 4 is 39.8 Å². The lowest BCUT2D eigenvalue weighted by Crippen LogP contribution is -2.32. The molecule has 0 atom stereocenters. The second kappa shape index (κ2) is 5.93. The minimum absolute atomic E-state index is 0.110. The number of anilines is 2. The lowest BCUT2D eigenvalue weighted by molar-refractivity contribution is -0.116. The van der Waals surface area contributed by atoms with Crippen LogP contribution in [0.4, 0.5) is 10.8 Å². The zero-order valence-corrected chi connectivity index (χ0v) is 13.8. The summed E-state index contributed by atoms with van der Waals surface area (Å²) in [5, 5.41) is 6.19. The van der Waals surface area contributed by atoms with E-state index < -0.39 is 0 Å². The number of carbonyl (C=O) groups is 1. The van der Waals surface area contributed by atoms with E-state index in [4.69, 9.17) is 4.98 Å². The quantitative estimate of drug-likeness (QED) is 0.917. The lowest BCUT2D eigenvalue weighted by Gasteiger charge is -2.25. The minimum Gasteiger partial charge on any atom is -0.346 e. The highest BCUT2D eigenvalue weighted by molar-refractivity contribution is 7.99. The Balaban J connectivity index is 1.59. The van der Waals surface area contributed by atoms with Crippen molar-refractivity contribution in [2.45, 2.75) is 12.8 Å². The van der Waals surface area contributed by atoms with Crippen molar-refractivity contribution in [2.24, 2.45) is 0 Å². The molecule has 4 nitrogen and oxygen atoms in total. The summed E-state index contributed by atoms with van der Waals surface area (Å²) in [5.74, 6) is 2.49. The maximum Gasteiger partial charge on any atom is 0.224 e. The van der Waals surface area contributed by atoms with Crippen molar-refractivity contribution in [2.75, 3.05) is 34.8 Å². The maximum atomic E-state index is 11.4. The summed E-state index contributed by atoms with van der Waals surface area (Å²) in [7, 11) is 0. The highest BCUT2D eigenvalue weighted by atomic mass is 32.2. The number of thioether (sulfide) groups is 1. The molecule has 6 heteroatoms. The molecule has 2 aliphatic heterocycles. The summed E-state index contributed by atoms with van der Waals surface area (Å²) in [6, 6.07) is 6.22. The van der Waals surface area contributed by atoms with Crippen molar-refractivity contribution in [1.82, 2.24) is 4.98 Å². The molecule has 22 heavy (non-hydrogen) atoms. The van der Waals surface area contributed by atoms with Crippen molar-refractivity contribution in [1.29, 1.82) is 0 Å². The Bertz CT molecular complexity index is 707. The second-order valence-corrected chi connectivity index (χ2v) is 7.60. The van der Waals surface area contributed by atoms with Crippen LogP contribution < -0.4 is 10.2 Å². The molecule has 2 aromatic rings. The van der Waals surface area contributed by atoms with Gasteiger partial charge in [0.2, 0.25) is 5.91 Å². The molecule has 4 rings (SSSR count). The molecule has 0 radical (unpaired) electrons.